The van der Waals surface area contributed by atoms with Crippen molar-refractivity contribution in [2.75, 3.05) is 5.75 Å². The van der Waals surface area contributed by atoms with Crippen molar-refractivity contribution in [2.45, 2.75) is 12.2 Å². The molecule has 1 aromatic rings. The molecule has 0 amide bonds. The molecule has 2 atom stereocenters. The highest BCUT2D eigenvalue weighted by molar-refractivity contribution is 7.80. The molecule has 82 valence electrons. The molecule has 0 radical (unpaired) electrons. The van der Waals surface area contributed by atoms with Gasteiger partial charge in [-0.1, -0.05) is 17.7 Å². The summed E-state index contributed by atoms with van der Waals surface area (Å²) in [6.07, 6.45) is -1.48. The number of carbonyl (C=O) groups is 1. The summed E-state index contributed by atoms with van der Waals surface area (Å²) in [7, 11) is 0. The summed E-state index contributed by atoms with van der Waals surface area (Å²) in [4.78, 5) is 10.5. The lowest BCUT2D eigenvalue weighted by molar-refractivity contribution is 0.0338. The zero-order chi connectivity index (χ0) is 11.4. The SMILES string of the molecule is O=Cc1ccc(Cl)c(C(O)C(O)CS)c1. The largest absolute Gasteiger partial charge is 0.389 e. The molecule has 1 rings (SSSR count). The highest BCUT2D eigenvalue weighted by Gasteiger charge is 2.19. The van der Waals surface area contributed by atoms with Gasteiger partial charge in [0, 0.05) is 21.9 Å². The summed E-state index contributed by atoms with van der Waals surface area (Å²) in [5.74, 6) is 0.114. The Bertz CT molecular complexity index is 357. The fourth-order valence-electron chi connectivity index (χ4n) is 1.17. The van der Waals surface area contributed by atoms with E-state index in [1.165, 1.54) is 12.1 Å². The van der Waals surface area contributed by atoms with Crippen molar-refractivity contribution >= 4 is 30.5 Å². The number of benzene rings is 1. The molecule has 0 bridgehead atoms. The first kappa shape index (κ1) is 12.5. The minimum absolute atomic E-state index is 0.114. The lowest BCUT2D eigenvalue weighted by Crippen LogP contribution is -2.20. The number of halogens is 1. The van der Waals surface area contributed by atoms with E-state index in [-0.39, 0.29) is 5.75 Å². The Hall–Kier alpha value is -0.550. The quantitative estimate of drug-likeness (QED) is 0.557. The van der Waals surface area contributed by atoms with Gasteiger partial charge < -0.3 is 10.2 Å². The first-order valence-electron chi connectivity index (χ1n) is 4.31. The van der Waals surface area contributed by atoms with Crippen LogP contribution in [0.5, 0.6) is 0 Å². The van der Waals surface area contributed by atoms with Gasteiger partial charge in [0.25, 0.3) is 0 Å². The van der Waals surface area contributed by atoms with E-state index >= 15 is 0 Å². The van der Waals surface area contributed by atoms with E-state index in [1.807, 2.05) is 0 Å². The second-order valence-electron chi connectivity index (χ2n) is 3.09. The van der Waals surface area contributed by atoms with Gasteiger partial charge in [0.2, 0.25) is 0 Å². The molecule has 0 saturated heterocycles. The number of carbonyl (C=O) groups excluding carboxylic acids is 1. The Morgan fingerprint density at radius 2 is 2.13 bits per heavy atom. The molecular formula is C10H11ClO3S. The highest BCUT2D eigenvalue weighted by atomic mass is 35.5. The molecule has 2 unspecified atom stereocenters. The van der Waals surface area contributed by atoms with Crippen molar-refractivity contribution in [3.63, 3.8) is 0 Å². The fourth-order valence-corrected chi connectivity index (χ4v) is 1.60. The molecule has 0 aliphatic rings. The molecule has 5 heteroatoms. The summed E-state index contributed by atoms with van der Waals surface area (Å²) in [6, 6.07) is 4.50. The summed E-state index contributed by atoms with van der Waals surface area (Å²) in [6.45, 7) is 0. The average molecular weight is 247 g/mol. The van der Waals surface area contributed by atoms with Crippen LogP contribution in [0.25, 0.3) is 0 Å². The lowest BCUT2D eigenvalue weighted by Gasteiger charge is -2.17. The Balaban J connectivity index is 3.06. The van der Waals surface area contributed by atoms with Gasteiger partial charge >= 0.3 is 0 Å². The number of aliphatic hydroxyl groups is 2. The molecule has 0 aliphatic carbocycles. The fraction of sp³-hybridized carbons (Fsp3) is 0.300. The van der Waals surface area contributed by atoms with Crippen LogP contribution < -0.4 is 0 Å². The van der Waals surface area contributed by atoms with Gasteiger partial charge in [0.15, 0.2) is 0 Å². The molecule has 15 heavy (non-hydrogen) atoms. The molecule has 2 N–H and O–H groups in total. The van der Waals surface area contributed by atoms with Crippen LogP contribution in [0.3, 0.4) is 0 Å². The van der Waals surface area contributed by atoms with Gasteiger partial charge in [0.1, 0.15) is 12.4 Å². The van der Waals surface area contributed by atoms with Crippen molar-refractivity contribution < 1.29 is 15.0 Å². The van der Waals surface area contributed by atoms with Gasteiger partial charge in [-0.25, -0.2) is 0 Å². The standard InChI is InChI=1S/C10H11ClO3S/c11-8-2-1-6(4-12)3-7(8)10(14)9(13)5-15/h1-4,9-10,13-15H,5H2. The zero-order valence-corrected chi connectivity index (χ0v) is 9.45. The summed E-state index contributed by atoms with van der Waals surface area (Å²) in [5, 5.41) is 19.4. The molecule has 1 aromatic carbocycles. The third-order valence-corrected chi connectivity index (χ3v) is 2.74. The Kier molecular flexibility index (Phi) is 4.60. The van der Waals surface area contributed by atoms with Gasteiger partial charge in [-0.15, -0.1) is 0 Å². The molecule has 0 spiro atoms. The Labute approximate surface area is 98.1 Å². The minimum atomic E-state index is -1.13. The molecule has 0 aromatic heterocycles. The van der Waals surface area contributed by atoms with Gasteiger partial charge in [-0.3, -0.25) is 4.79 Å². The number of rotatable bonds is 4. The van der Waals surface area contributed by atoms with Gasteiger partial charge in [-0.05, 0) is 12.1 Å². The van der Waals surface area contributed by atoms with Crippen LogP contribution >= 0.6 is 24.2 Å². The van der Waals surface area contributed by atoms with E-state index in [0.717, 1.165) is 0 Å². The maximum absolute atomic E-state index is 10.5. The van der Waals surface area contributed by atoms with Crippen molar-refractivity contribution in [1.29, 1.82) is 0 Å². The van der Waals surface area contributed by atoms with E-state index < -0.39 is 12.2 Å². The van der Waals surface area contributed by atoms with Crippen LogP contribution in [0, 0.1) is 0 Å². The van der Waals surface area contributed by atoms with Crippen LogP contribution in [0.2, 0.25) is 5.02 Å². The van der Waals surface area contributed by atoms with Crippen LogP contribution in [-0.2, 0) is 0 Å². The number of aldehydes is 1. The third kappa shape index (κ3) is 2.95. The number of thiol groups is 1. The summed E-state index contributed by atoms with van der Waals surface area (Å²) in [5.41, 5.74) is 0.739. The predicted octanol–water partition coefficient (Wildman–Crippen LogP) is 1.48. The Morgan fingerprint density at radius 3 is 2.67 bits per heavy atom. The van der Waals surface area contributed by atoms with E-state index in [0.29, 0.717) is 22.4 Å². The van der Waals surface area contributed by atoms with E-state index in [2.05, 4.69) is 12.6 Å². The molecular weight excluding hydrogens is 236 g/mol. The minimum Gasteiger partial charge on any atom is -0.389 e. The zero-order valence-electron chi connectivity index (χ0n) is 7.80. The van der Waals surface area contributed by atoms with Crippen LogP contribution in [-0.4, -0.2) is 28.4 Å². The van der Waals surface area contributed by atoms with Crippen LogP contribution in [0.1, 0.15) is 22.0 Å². The molecule has 0 saturated carbocycles. The first-order chi connectivity index (χ1) is 7.10. The molecule has 0 fully saturated rings. The molecule has 3 nitrogen and oxygen atoms in total. The highest BCUT2D eigenvalue weighted by Crippen LogP contribution is 2.26. The number of aliphatic hydroxyl groups excluding tert-OH is 2. The van der Waals surface area contributed by atoms with Gasteiger partial charge in [-0.2, -0.15) is 12.6 Å². The summed E-state index contributed by atoms with van der Waals surface area (Å²) >= 11 is 9.70. The number of hydrogen-bond donors (Lipinski definition) is 3. The summed E-state index contributed by atoms with van der Waals surface area (Å²) < 4.78 is 0. The third-order valence-electron chi connectivity index (χ3n) is 2.03. The van der Waals surface area contributed by atoms with Crippen molar-refractivity contribution in [3.8, 4) is 0 Å². The van der Waals surface area contributed by atoms with Crippen LogP contribution in [0.15, 0.2) is 18.2 Å². The maximum atomic E-state index is 10.5. The van der Waals surface area contributed by atoms with Crippen LogP contribution in [0.4, 0.5) is 0 Å². The second kappa shape index (κ2) is 5.51. The van der Waals surface area contributed by atoms with Crippen molar-refractivity contribution in [2.24, 2.45) is 0 Å². The maximum Gasteiger partial charge on any atom is 0.150 e. The van der Waals surface area contributed by atoms with E-state index in [4.69, 9.17) is 11.6 Å². The molecule has 0 heterocycles. The van der Waals surface area contributed by atoms with E-state index in [9.17, 15) is 15.0 Å². The Morgan fingerprint density at radius 1 is 1.47 bits per heavy atom. The van der Waals surface area contributed by atoms with E-state index in [1.54, 1.807) is 6.07 Å². The topological polar surface area (TPSA) is 57.5 Å². The predicted molar refractivity (Wildman–Crippen MR) is 61.7 cm³/mol. The van der Waals surface area contributed by atoms with Crippen molar-refractivity contribution in [1.82, 2.24) is 0 Å². The normalized spacial score (nSPS) is 14.7. The monoisotopic (exact) mass is 246 g/mol. The average Bonchev–Trinajstić information content (AvgIpc) is 2.27. The van der Waals surface area contributed by atoms with Crippen molar-refractivity contribution in [3.05, 3.63) is 34.3 Å². The lowest BCUT2D eigenvalue weighted by atomic mass is 10.0. The molecule has 0 aliphatic heterocycles. The number of hydrogen-bond acceptors (Lipinski definition) is 4. The first-order valence-corrected chi connectivity index (χ1v) is 5.32. The second-order valence-corrected chi connectivity index (χ2v) is 3.87. The van der Waals surface area contributed by atoms with Gasteiger partial charge in [0.05, 0.1) is 6.10 Å². The smallest absolute Gasteiger partial charge is 0.150 e.